The second-order valence-corrected chi connectivity index (χ2v) is 3.98. The van der Waals surface area contributed by atoms with Gasteiger partial charge < -0.3 is 10.1 Å². The molecule has 0 radical (unpaired) electrons. The number of hydrogen-bond donors (Lipinski definition) is 1. The molecule has 16 heavy (non-hydrogen) atoms. The van der Waals surface area contributed by atoms with Gasteiger partial charge in [-0.05, 0) is 23.6 Å². The topological polar surface area (TPSA) is 51.2 Å². The molecule has 4 nitrogen and oxygen atoms in total. The molecule has 0 aliphatic carbocycles. The fourth-order valence-electron chi connectivity index (χ4n) is 1.45. The maximum atomic E-state index is 11.5. The molecule has 0 saturated heterocycles. The van der Waals surface area contributed by atoms with E-state index in [1.807, 2.05) is 26.0 Å². The van der Waals surface area contributed by atoms with Crippen LogP contribution in [0.15, 0.2) is 24.5 Å². The van der Waals surface area contributed by atoms with Crippen molar-refractivity contribution in [2.45, 2.75) is 26.4 Å². The van der Waals surface area contributed by atoms with Gasteiger partial charge in [-0.2, -0.15) is 0 Å². The third-order valence-corrected chi connectivity index (χ3v) is 2.40. The molecule has 0 amide bonds. The zero-order chi connectivity index (χ0) is 12.0. The van der Waals surface area contributed by atoms with Gasteiger partial charge in [-0.1, -0.05) is 13.8 Å². The average Bonchev–Trinajstić information content (AvgIpc) is 2.30. The predicted molar refractivity (Wildman–Crippen MR) is 61.7 cm³/mol. The second-order valence-electron chi connectivity index (χ2n) is 3.98. The van der Waals surface area contributed by atoms with Crippen molar-refractivity contribution in [3.8, 4) is 0 Å². The van der Waals surface area contributed by atoms with Gasteiger partial charge in [-0.3, -0.25) is 9.78 Å². The number of esters is 1. The van der Waals surface area contributed by atoms with Gasteiger partial charge in [0.15, 0.2) is 0 Å². The van der Waals surface area contributed by atoms with E-state index in [2.05, 4.69) is 10.3 Å². The summed E-state index contributed by atoms with van der Waals surface area (Å²) in [5, 5.41) is 3.18. The first kappa shape index (κ1) is 12.6. The van der Waals surface area contributed by atoms with Gasteiger partial charge in [0.05, 0.1) is 7.11 Å². The highest BCUT2D eigenvalue weighted by atomic mass is 16.5. The van der Waals surface area contributed by atoms with E-state index in [9.17, 15) is 4.79 Å². The van der Waals surface area contributed by atoms with Crippen molar-refractivity contribution in [1.82, 2.24) is 10.3 Å². The summed E-state index contributed by atoms with van der Waals surface area (Å²) >= 11 is 0. The Morgan fingerprint density at radius 2 is 2.06 bits per heavy atom. The Labute approximate surface area is 96.0 Å². The number of ether oxygens (including phenoxy) is 1. The van der Waals surface area contributed by atoms with Gasteiger partial charge in [0.2, 0.25) is 0 Å². The number of hydrogen-bond acceptors (Lipinski definition) is 4. The lowest BCUT2D eigenvalue weighted by Crippen LogP contribution is -2.41. The number of nitrogens with zero attached hydrogens (tertiary/aromatic N) is 1. The molecule has 1 aromatic heterocycles. The summed E-state index contributed by atoms with van der Waals surface area (Å²) in [6.07, 6.45) is 3.47. The van der Waals surface area contributed by atoms with Crippen molar-refractivity contribution in [2.75, 3.05) is 7.11 Å². The molecule has 4 heteroatoms. The smallest absolute Gasteiger partial charge is 0.323 e. The van der Waals surface area contributed by atoms with Crippen molar-refractivity contribution in [3.05, 3.63) is 30.1 Å². The van der Waals surface area contributed by atoms with E-state index in [1.165, 1.54) is 7.11 Å². The normalized spacial score (nSPS) is 12.5. The van der Waals surface area contributed by atoms with Gasteiger partial charge in [0.25, 0.3) is 0 Å². The van der Waals surface area contributed by atoms with Gasteiger partial charge in [-0.15, -0.1) is 0 Å². The number of carbonyl (C=O) groups is 1. The molecule has 0 fully saturated rings. The number of rotatable bonds is 5. The Morgan fingerprint density at radius 3 is 2.56 bits per heavy atom. The van der Waals surface area contributed by atoms with Crippen LogP contribution in [0.4, 0.5) is 0 Å². The van der Waals surface area contributed by atoms with E-state index in [4.69, 9.17) is 4.74 Å². The van der Waals surface area contributed by atoms with Crippen LogP contribution in [0.1, 0.15) is 19.4 Å². The van der Waals surface area contributed by atoms with Crippen LogP contribution in [0.2, 0.25) is 0 Å². The predicted octanol–water partition coefficient (Wildman–Crippen LogP) is 1.37. The lowest BCUT2D eigenvalue weighted by molar-refractivity contribution is -0.144. The summed E-state index contributed by atoms with van der Waals surface area (Å²) in [4.78, 5) is 15.4. The third-order valence-electron chi connectivity index (χ3n) is 2.40. The minimum atomic E-state index is -0.266. The third kappa shape index (κ3) is 3.62. The van der Waals surface area contributed by atoms with Crippen LogP contribution in [-0.4, -0.2) is 24.1 Å². The molecule has 0 saturated carbocycles. The highest BCUT2D eigenvalue weighted by Crippen LogP contribution is 2.05. The Hall–Kier alpha value is -1.42. The van der Waals surface area contributed by atoms with Crippen LogP contribution in [0.25, 0.3) is 0 Å². The molecule has 1 N–H and O–H groups in total. The largest absolute Gasteiger partial charge is 0.468 e. The van der Waals surface area contributed by atoms with Crippen molar-refractivity contribution < 1.29 is 9.53 Å². The first-order valence-electron chi connectivity index (χ1n) is 5.35. The Balaban J connectivity index is 2.54. The summed E-state index contributed by atoms with van der Waals surface area (Å²) in [5.41, 5.74) is 1.10. The molecule has 88 valence electrons. The number of pyridine rings is 1. The molecule has 0 bridgehead atoms. The Kier molecular flexibility index (Phi) is 4.92. The van der Waals surface area contributed by atoms with Gasteiger partial charge in [0, 0.05) is 18.9 Å². The lowest BCUT2D eigenvalue weighted by Gasteiger charge is -2.19. The molecule has 1 rings (SSSR count). The zero-order valence-electron chi connectivity index (χ0n) is 9.93. The molecule has 0 spiro atoms. The van der Waals surface area contributed by atoms with E-state index in [-0.39, 0.29) is 17.9 Å². The monoisotopic (exact) mass is 222 g/mol. The van der Waals surface area contributed by atoms with Crippen LogP contribution in [0.5, 0.6) is 0 Å². The van der Waals surface area contributed by atoms with Crippen LogP contribution < -0.4 is 5.32 Å². The van der Waals surface area contributed by atoms with Gasteiger partial charge in [0.1, 0.15) is 6.04 Å². The zero-order valence-corrected chi connectivity index (χ0v) is 9.93. The van der Waals surface area contributed by atoms with E-state index in [1.54, 1.807) is 12.4 Å². The number of methoxy groups -OCH3 is 1. The fourth-order valence-corrected chi connectivity index (χ4v) is 1.45. The van der Waals surface area contributed by atoms with Crippen LogP contribution in [0.3, 0.4) is 0 Å². The molecule has 0 aromatic carbocycles. The molecular weight excluding hydrogens is 204 g/mol. The van der Waals surface area contributed by atoms with Crippen LogP contribution in [-0.2, 0) is 16.1 Å². The number of nitrogens with one attached hydrogen (secondary N) is 1. The highest BCUT2D eigenvalue weighted by molar-refractivity contribution is 5.75. The molecule has 1 atom stereocenters. The van der Waals surface area contributed by atoms with Crippen molar-refractivity contribution in [3.63, 3.8) is 0 Å². The highest BCUT2D eigenvalue weighted by Gasteiger charge is 2.21. The van der Waals surface area contributed by atoms with E-state index < -0.39 is 0 Å². The number of aromatic nitrogens is 1. The fraction of sp³-hybridized carbons (Fsp3) is 0.500. The molecule has 0 aliphatic rings. The minimum Gasteiger partial charge on any atom is -0.468 e. The molecule has 1 heterocycles. The summed E-state index contributed by atoms with van der Waals surface area (Å²) in [5.74, 6) is -0.0154. The quantitative estimate of drug-likeness (QED) is 0.764. The van der Waals surface area contributed by atoms with E-state index in [0.29, 0.717) is 6.54 Å². The van der Waals surface area contributed by atoms with Crippen molar-refractivity contribution >= 4 is 5.97 Å². The average molecular weight is 222 g/mol. The SMILES string of the molecule is COC(=O)C(NCc1ccncc1)C(C)C. The van der Waals surface area contributed by atoms with E-state index >= 15 is 0 Å². The van der Waals surface area contributed by atoms with Gasteiger partial charge in [-0.25, -0.2) is 0 Å². The lowest BCUT2D eigenvalue weighted by atomic mass is 10.0. The summed E-state index contributed by atoms with van der Waals surface area (Å²) < 4.78 is 4.75. The standard InChI is InChI=1S/C12H18N2O2/c1-9(2)11(12(15)16-3)14-8-10-4-6-13-7-5-10/h4-7,9,11,14H,8H2,1-3H3. The molecule has 1 unspecified atom stereocenters. The maximum Gasteiger partial charge on any atom is 0.323 e. The van der Waals surface area contributed by atoms with Crippen molar-refractivity contribution in [1.29, 1.82) is 0 Å². The number of carbonyl (C=O) groups excluding carboxylic acids is 1. The maximum absolute atomic E-state index is 11.5. The van der Waals surface area contributed by atoms with Crippen molar-refractivity contribution in [2.24, 2.45) is 5.92 Å². The Morgan fingerprint density at radius 1 is 1.44 bits per heavy atom. The first-order valence-corrected chi connectivity index (χ1v) is 5.35. The van der Waals surface area contributed by atoms with Crippen LogP contribution >= 0.6 is 0 Å². The van der Waals surface area contributed by atoms with Crippen LogP contribution in [0, 0.1) is 5.92 Å². The molecule has 0 aliphatic heterocycles. The first-order chi connectivity index (χ1) is 7.65. The second kappa shape index (κ2) is 6.23. The summed E-state index contributed by atoms with van der Waals surface area (Å²) in [6, 6.07) is 3.57. The molecular formula is C12H18N2O2. The Bertz CT molecular complexity index is 325. The summed E-state index contributed by atoms with van der Waals surface area (Å²) in [6.45, 7) is 4.61. The minimum absolute atomic E-state index is 0.203. The molecule has 1 aromatic rings. The van der Waals surface area contributed by atoms with Gasteiger partial charge >= 0.3 is 5.97 Å². The van der Waals surface area contributed by atoms with E-state index in [0.717, 1.165) is 5.56 Å². The summed E-state index contributed by atoms with van der Waals surface area (Å²) in [7, 11) is 1.41.